The predicted octanol–water partition coefficient (Wildman–Crippen LogP) is -1.01. The van der Waals surface area contributed by atoms with E-state index in [2.05, 4.69) is 10.6 Å². The molecule has 1 atom stereocenters. The SMILES string of the molecule is COCCNC(=O)CNC(=O)CCC(C)N. The van der Waals surface area contributed by atoms with Gasteiger partial charge in [0.1, 0.15) is 0 Å². The molecule has 0 aromatic heterocycles. The normalized spacial score (nSPS) is 11.9. The van der Waals surface area contributed by atoms with Crippen molar-refractivity contribution in [2.75, 3.05) is 26.8 Å². The number of carbonyl (C=O) groups is 2. The van der Waals surface area contributed by atoms with Crippen molar-refractivity contribution in [3.05, 3.63) is 0 Å². The first-order chi connectivity index (χ1) is 7.56. The van der Waals surface area contributed by atoms with Crippen molar-refractivity contribution in [1.82, 2.24) is 10.6 Å². The molecule has 0 bridgehead atoms. The van der Waals surface area contributed by atoms with Gasteiger partial charge in [-0.2, -0.15) is 0 Å². The van der Waals surface area contributed by atoms with Gasteiger partial charge in [-0.25, -0.2) is 0 Å². The summed E-state index contributed by atoms with van der Waals surface area (Å²) >= 11 is 0. The molecule has 4 N–H and O–H groups in total. The highest BCUT2D eigenvalue weighted by atomic mass is 16.5. The minimum Gasteiger partial charge on any atom is -0.383 e. The van der Waals surface area contributed by atoms with Gasteiger partial charge in [-0.1, -0.05) is 0 Å². The molecule has 6 heteroatoms. The first-order valence-corrected chi connectivity index (χ1v) is 5.34. The Bertz CT molecular complexity index is 219. The van der Waals surface area contributed by atoms with Crippen molar-refractivity contribution in [2.24, 2.45) is 5.73 Å². The average Bonchev–Trinajstić information content (AvgIpc) is 2.24. The maximum Gasteiger partial charge on any atom is 0.239 e. The lowest BCUT2D eigenvalue weighted by Crippen LogP contribution is -2.38. The van der Waals surface area contributed by atoms with E-state index in [1.54, 1.807) is 7.11 Å². The summed E-state index contributed by atoms with van der Waals surface area (Å²) in [5.74, 6) is -0.370. The van der Waals surface area contributed by atoms with Gasteiger partial charge in [0.2, 0.25) is 11.8 Å². The summed E-state index contributed by atoms with van der Waals surface area (Å²) in [4.78, 5) is 22.4. The molecule has 0 aliphatic heterocycles. The monoisotopic (exact) mass is 231 g/mol. The van der Waals surface area contributed by atoms with E-state index >= 15 is 0 Å². The fourth-order valence-corrected chi connectivity index (χ4v) is 0.981. The standard InChI is InChI=1S/C10H21N3O3/c1-8(11)3-4-9(14)13-7-10(15)12-5-6-16-2/h8H,3-7,11H2,1-2H3,(H,12,15)(H,13,14). The number of nitrogens with one attached hydrogen (secondary N) is 2. The maximum absolute atomic E-state index is 11.2. The largest absolute Gasteiger partial charge is 0.383 e. The van der Waals surface area contributed by atoms with E-state index in [1.165, 1.54) is 0 Å². The molecule has 0 rings (SSSR count). The number of rotatable bonds is 8. The molecule has 0 heterocycles. The summed E-state index contributed by atoms with van der Waals surface area (Å²) in [5, 5.41) is 5.12. The van der Waals surface area contributed by atoms with Gasteiger partial charge in [0.25, 0.3) is 0 Å². The van der Waals surface area contributed by atoms with Gasteiger partial charge >= 0.3 is 0 Å². The van der Waals surface area contributed by atoms with Gasteiger partial charge in [-0.3, -0.25) is 9.59 Å². The Hall–Kier alpha value is -1.14. The van der Waals surface area contributed by atoms with Crippen molar-refractivity contribution < 1.29 is 14.3 Å². The fraction of sp³-hybridized carbons (Fsp3) is 0.800. The molecular formula is C10H21N3O3. The van der Waals surface area contributed by atoms with Crippen molar-refractivity contribution in [2.45, 2.75) is 25.8 Å². The second kappa shape index (κ2) is 9.11. The number of hydrogen-bond donors (Lipinski definition) is 3. The third kappa shape index (κ3) is 9.42. The predicted molar refractivity (Wildman–Crippen MR) is 60.8 cm³/mol. The Labute approximate surface area is 95.9 Å². The fourth-order valence-electron chi connectivity index (χ4n) is 0.981. The van der Waals surface area contributed by atoms with Crippen LogP contribution in [0.5, 0.6) is 0 Å². The number of methoxy groups -OCH3 is 1. The number of nitrogens with two attached hydrogens (primary N) is 1. The van der Waals surface area contributed by atoms with Crippen molar-refractivity contribution in [3.63, 3.8) is 0 Å². The summed E-state index contributed by atoms with van der Waals surface area (Å²) in [7, 11) is 1.56. The Morgan fingerprint density at radius 1 is 1.31 bits per heavy atom. The van der Waals surface area contributed by atoms with Gasteiger partial charge in [0.05, 0.1) is 13.2 Å². The Balaban J connectivity index is 3.47. The van der Waals surface area contributed by atoms with E-state index in [9.17, 15) is 9.59 Å². The van der Waals surface area contributed by atoms with Crippen LogP contribution in [0.1, 0.15) is 19.8 Å². The summed E-state index contributed by atoms with van der Waals surface area (Å²) in [6, 6.07) is 0.00118. The molecule has 6 nitrogen and oxygen atoms in total. The molecule has 0 aliphatic rings. The van der Waals surface area contributed by atoms with E-state index in [1.807, 2.05) is 6.92 Å². The van der Waals surface area contributed by atoms with Crippen LogP contribution in [0.25, 0.3) is 0 Å². The van der Waals surface area contributed by atoms with E-state index in [0.29, 0.717) is 26.0 Å². The van der Waals surface area contributed by atoms with Crippen LogP contribution >= 0.6 is 0 Å². The third-order valence-corrected chi connectivity index (χ3v) is 1.90. The second-order valence-corrected chi connectivity index (χ2v) is 3.64. The molecule has 0 saturated heterocycles. The van der Waals surface area contributed by atoms with Gasteiger partial charge in [0, 0.05) is 26.1 Å². The Kier molecular flexibility index (Phi) is 8.46. The zero-order chi connectivity index (χ0) is 12.4. The molecule has 0 spiro atoms. The first kappa shape index (κ1) is 14.9. The highest BCUT2D eigenvalue weighted by molar-refractivity contribution is 5.84. The molecule has 2 amide bonds. The lowest BCUT2D eigenvalue weighted by atomic mass is 10.2. The van der Waals surface area contributed by atoms with E-state index in [4.69, 9.17) is 10.5 Å². The van der Waals surface area contributed by atoms with Crippen molar-refractivity contribution in [1.29, 1.82) is 0 Å². The van der Waals surface area contributed by atoms with Crippen molar-refractivity contribution in [3.8, 4) is 0 Å². The van der Waals surface area contributed by atoms with Gasteiger partial charge < -0.3 is 21.1 Å². The highest BCUT2D eigenvalue weighted by Crippen LogP contribution is 1.92. The summed E-state index contributed by atoms with van der Waals surface area (Å²) in [5.41, 5.74) is 5.50. The number of carbonyl (C=O) groups excluding carboxylic acids is 2. The molecule has 16 heavy (non-hydrogen) atoms. The van der Waals surface area contributed by atoms with Crippen LogP contribution in [-0.4, -0.2) is 44.7 Å². The maximum atomic E-state index is 11.2. The molecule has 0 aromatic rings. The summed E-state index contributed by atoms with van der Waals surface area (Å²) < 4.78 is 4.77. The first-order valence-electron chi connectivity index (χ1n) is 5.34. The molecule has 0 saturated carbocycles. The Morgan fingerprint density at radius 2 is 2.00 bits per heavy atom. The van der Waals surface area contributed by atoms with Crippen LogP contribution in [0.2, 0.25) is 0 Å². The van der Waals surface area contributed by atoms with E-state index < -0.39 is 0 Å². The van der Waals surface area contributed by atoms with Crippen LogP contribution in [0, 0.1) is 0 Å². The quantitative estimate of drug-likeness (QED) is 0.467. The second-order valence-electron chi connectivity index (χ2n) is 3.64. The van der Waals surface area contributed by atoms with Crippen LogP contribution in [0.15, 0.2) is 0 Å². The lowest BCUT2D eigenvalue weighted by Gasteiger charge is -2.07. The molecule has 0 aliphatic carbocycles. The van der Waals surface area contributed by atoms with E-state index in [-0.39, 0.29) is 24.4 Å². The third-order valence-electron chi connectivity index (χ3n) is 1.90. The zero-order valence-electron chi connectivity index (χ0n) is 9.91. The summed E-state index contributed by atoms with van der Waals surface area (Å²) in [6.45, 7) is 2.75. The van der Waals surface area contributed by atoms with Crippen molar-refractivity contribution >= 4 is 11.8 Å². The van der Waals surface area contributed by atoms with Gasteiger partial charge in [0.15, 0.2) is 0 Å². The lowest BCUT2D eigenvalue weighted by molar-refractivity contribution is -0.126. The van der Waals surface area contributed by atoms with Gasteiger partial charge in [-0.05, 0) is 13.3 Å². The van der Waals surface area contributed by atoms with Crippen LogP contribution < -0.4 is 16.4 Å². The minimum absolute atomic E-state index is 0.00118. The molecule has 0 aromatic carbocycles. The molecule has 0 fully saturated rings. The van der Waals surface area contributed by atoms with Crippen LogP contribution in [0.4, 0.5) is 0 Å². The highest BCUT2D eigenvalue weighted by Gasteiger charge is 2.05. The van der Waals surface area contributed by atoms with E-state index in [0.717, 1.165) is 0 Å². The average molecular weight is 231 g/mol. The molecular weight excluding hydrogens is 210 g/mol. The van der Waals surface area contributed by atoms with Gasteiger partial charge in [-0.15, -0.1) is 0 Å². The zero-order valence-corrected chi connectivity index (χ0v) is 9.91. The number of hydrogen-bond acceptors (Lipinski definition) is 4. The summed E-state index contributed by atoms with van der Waals surface area (Å²) in [6.07, 6.45) is 0.972. The minimum atomic E-state index is -0.216. The Morgan fingerprint density at radius 3 is 2.56 bits per heavy atom. The topological polar surface area (TPSA) is 93.5 Å². The van der Waals surface area contributed by atoms with Crippen LogP contribution in [-0.2, 0) is 14.3 Å². The molecule has 1 unspecified atom stereocenters. The molecule has 0 radical (unpaired) electrons. The number of amides is 2. The smallest absolute Gasteiger partial charge is 0.239 e. The number of ether oxygens (including phenoxy) is 1. The van der Waals surface area contributed by atoms with Crippen LogP contribution in [0.3, 0.4) is 0 Å². The molecule has 94 valence electrons.